The van der Waals surface area contributed by atoms with Crippen LogP contribution in [0.15, 0.2) is 114 Å². The maximum absolute atomic E-state index is 2.57. The van der Waals surface area contributed by atoms with E-state index >= 15 is 0 Å². The summed E-state index contributed by atoms with van der Waals surface area (Å²) >= 11 is 0. The predicted octanol–water partition coefficient (Wildman–Crippen LogP) is 11.7. The van der Waals surface area contributed by atoms with Crippen LogP contribution in [0.3, 0.4) is 0 Å². The Balaban J connectivity index is 1.77. The van der Waals surface area contributed by atoms with Crippen LogP contribution >= 0.6 is 0 Å². The van der Waals surface area contributed by atoms with Crippen molar-refractivity contribution in [3.8, 4) is 11.1 Å². The fourth-order valence-corrected chi connectivity index (χ4v) is 7.73. The normalized spacial score (nSPS) is 16.8. The molecule has 4 aromatic carbocycles. The zero-order chi connectivity index (χ0) is 31.7. The highest BCUT2D eigenvalue weighted by Crippen LogP contribution is 2.57. The Morgan fingerprint density at radius 2 is 1.14 bits per heavy atom. The molecule has 6 rings (SSSR count). The van der Waals surface area contributed by atoms with E-state index in [0.717, 1.165) is 6.42 Å². The van der Waals surface area contributed by atoms with Gasteiger partial charge in [-0.25, -0.2) is 0 Å². The van der Waals surface area contributed by atoms with Crippen molar-refractivity contribution in [2.24, 2.45) is 11.3 Å². The summed E-state index contributed by atoms with van der Waals surface area (Å²) in [6.07, 6.45) is 6.05. The number of rotatable bonds is 4. The first-order chi connectivity index (χ1) is 20.6. The molecule has 0 amide bonds. The summed E-state index contributed by atoms with van der Waals surface area (Å²) in [5.74, 6) is 0.296. The maximum atomic E-state index is 2.57. The first kappa shape index (κ1) is 30.4. The molecule has 226 valence electrons. The SMILES string of the molecule is CC1C=C(C(C)(C)C)C=C1C(c1ccccc1)(c1ccccc1)c1c(C(C)(C)C)ccc2c1Cc1cc(C(C)(C)C)ccc1-2. The molecule has 1 atom stereocenters. The molecule has 0 spiro atoms. The van der Waals surface area contributed by atoms with Gasteiger partial charge in [-0.15, -0.1) is 0 Å². The van der Waals surface area contributed by atoms with Gasteiger partial charge < -0.3 is 0 Å². The van der Waals surface area contributed by atoms with E-state index in [1.54, 1.807) is 0 Å². The molecule has 0 aromatic heterocycles. The lowest BCUT2D eigenvalue weighted by atomic mass is 9.58. The molecule has 0 saturated carbocycles. The van der Waals surface area contributed by atoms with Gasteiger partial charge in [-0.1, -0.05) is 172 Å². The lowest BCUT2D eigenvalue weighted by Gasteiger charge is -2.44. The van der Waals surface area contributed by atoms with Crippen molar-refractivity contribution >= 4 is 0 Å². The second-order valence-electron chi connectivity index (χ2n) is 16.3. The van der Waals surface area contributed by atoms with E-state index in [0.29, 0.717) is 5.92 Å². The second-order valence-corrected chi connectivity index (χ2v) is 16.3. The third-order valence-corrected chi connectivity index (χ3v) is 10.1. The topological polar surface area (TPSA) is 0 Å². The number of benzene rings is 4. The highest BCUT2D eigenvalue weighted by molar-refractivity contribution is 5.82. The number of hydrogen-bond donors (Lipinski definition) is 0. The Labute approximate surface area is 267 Å². The number of hydrogen-bond acceptors (Lipinski definition) is 0. The first-order valence-electron chi connectivity index (χ1n) is 16.5. The van der Waals surface area contributed by atoms with Gasteiger partial charge in [0.25, 0.3) is 0 Å². The fraction of sp³-hybridized carbons (Fsp3) is 0.364. The van der Waals surface area contributed by atoms with Crippen molar-refractivity contribution in [3.63, 3.8) is 0 Å². The molecular weight excluding hydrogens is 528 g/mol. The maximum Gasteiger partial charge on any atom is 0.0676 e. The van der Waals surface area contributed by atoms with Gasteiger partial charge in [0.2, 0.25) is 0 Å². The summed E-state index contributed by atoms with van der Waals surface area (Å²) in [5.41, 5.74) is 15.3. The second kappa shape index (κ2) is 10.5. The van der Waals surface area contributed by atoms with E-state index in [-0.39, 0.29) is 16.2 Å². The molecule has 2 aliphatic rings. The number of allylic oxidation sites excluding steroid dienone is 4. The van der Waals surface area contributed by atoms with Crippen LogP contribution in [0.25, 0.3) is 11.1 Å². The number of fused-ring (bicyclic) bond motifs is 3. The average Bonchev–Trinajstić information content (AvgIpc) is 3.54. The Hall–Kier alpha value is -3.64. The highest BCUT2D eigenvalue weighted by atomic mass is 14.5. The zero-order valence-corrected chi connectivity index (χ0v) is 28.6. The van der Waals surface area contributed by atoms with Crippen LogP contribution in [0.4, 0.5) is 0 Å². The van der Waals surface area contributed by atoms with E-state index in [4.69, 9.17) is 0 Å². The molecule has 2 aliphatic carbocycles. The van der Waals surface area contributed by atoms with E-state index in [9.17, 15) is 0 Å². The lowest BCUT2D eigenvalue weighted by molar-refractivity contribution is 0.516. The van der Waals surface area contributed by atoms with Crippen molar-refractivity contribution in [2.75, 3.05) is 0 Å². The van der Waals surface area contributed by atoms with Crippen LogP contribution in [-0.2, 0) is 22.7 Å². The van der Waals surface area contributed by atoms with Gasteiger partial charge >= 0.3 is 0 Å². The molecular formula is C44H50. The van der Waals surface area contributed by atoms with Crippen molar-refractivity contribution in [2.45, 2.75) is 91.9 Å². The molecule has 0 heteroatoms. The zero-order valence-electron chi connectivity index (χ0n) is 28.6. The van der Waals surface area contributed by atoms with Crippen molar-refractivity contribution in [1.29, 1.82) is 0 Å². The highest BCUT2D eigenvalue weighted by Gasteiger charge is 2.48. The fourth-order valence-electron chi connectivity index (χ4n) is 7.73. The summed E-state index contributed by atoms with van der Waals surface area (Å²) in [7, 11) is 0. The minimum Gasteiger partial charge on any atom is -0.0738 e. The first-order valence-corrected chi connectivity index (χ1v) is 16.5. The minimum atomic E-state index is -0.450. The van der Waals surface area contributed by atoms with Crippen LogP contribution < -0.4 is 0 Å². The van der Waals surface area contributed by atoms with Gasteiger partial charge in [-0.3, -0.25) is 0 Å². The molecule has 0 bridgehead atoms. The summed E-state index contributed by atoms with van der Waals surface area (Å²) in [5, 5.41) is 0. The van der Waals surface area contributed by atoms with E-state index in [1.165, 1.54) is 61.2 Å². The molecule has 0 saturated heterocycles. The standard InChI is InChI=1S/C44H50/c1-29-25-34(42(5,6)7)28-39(29)44(31-17-13-11-14-18-31,32-19-15-12-16-20-32)40-37-27-30-26-33(41(2,3)4)21-22-35(30)36(37)23-24-38(40)43(8,9)10/h11-26,28-29H,27H2,1-10H3. The lowest BCUT2D eigenvalue weighted by Crippen LogP contribution is -2.37. The van der Waals surface area contributed by atoms with Gasteiger partial charge in [0.1, 0.15) is 0 Å². The van der Waals surface area contributed by atoms with Crippen molar-refractivity contribution in [3.05, 3.63) is 153 Å². The minimum absolute atomic E-state index is 0.0484. The Morgan fingerprint density at radius 3 is 1.64 bits per heavy atom. The molecule has 0 fully saturated rings. The monoisotopic (exact) mass is 578 g/mol. The summed E-state index contributed by atoms with van der Waals surface area (Å²) in [6, 6.07) is 34.9. The van der Waals surface area contributed by atoms with Gasteiger partial charge in [0, 0.05) is 0 Å². The molecule has 0 N–H and O–H groups in total. The Bertz CT molecular complexity index is 1720. The smallest absolute Gasteiger partial charge is 0.0676 e. The molecule has 0 nitrogen and oxygen atoms in total. The van der Waals surface area contributed by atoms with Gasteiger partial charge in [-0.05, 0) is 89.8 Å². The summed E-state index contributed by atoms with van der Waals surface area (Å²) in [6.45, 7) is 23.6. The van der Waals surface area contributed by atoms with Crippen LogP contribution in [0.1, 0.15) is 108 Å². The van der Waals surface area contributed by atoms with E-state index in [2.05, 4.69) is 172 Å². The van der Waals surface area contributed by atoms with E-state index in [1.807, 2.05) is 0 Å². The largest absolute Gasteiger partial charge is 0.0738 e. The molecule has 4 aromatic rings. The van der Waals surface area contributed by atoms with Crippen molar-refractivity contribution in [1.82, 2.24) is 0 Å². The Kier molecular flexibility index (Phi) is 7.23. The van der Waals surface area contributed by atoms with Crippen LogP contribution in [0, 0.1) is 11.3 Å². The van der Waals surface area contributed by atoms with Gasteiger partial charge in [0.05, 0.1) is 5.41 Å². The van der Waals surface area contributed by atoms with E-state index < -0.39 is 5.41 Å². The average molecular weight is 579 g/mol. The summed E-state index contributed by atoms with van der Waals surface area (Å²) < 4.78 is 0. The molecule has 0 radical (unpaired) electrons. The third kappa shape index (κ3) is 4.92. The van der Waals surface area contributed by atoms with Gasteiger partial charge in [0.15, 0.2) is 0 Å². The molecule has 0 aliphatic heterocycles. The molecule has 1 unspecified atom stereocenters. The predicted molar refractivity (Wildman–Crippen MR) is 190 cm³/mol. The quantitative estimate of drug-likeness (QED) is 0.186. The summed E-state index contributed by atoms with van der Waals surface area (Å²) in [4.78, 5) is 0. The van der Waals surface area contributed by atoms with Crippen LogP contribution in [0.2, 0.25) is 0 Å². The van der Waals surface area contributed by atoms with Crippen LogP contribution in [-0.4, -0.2) is 0 Å². The van der Waals surface area contributed by atoms with Crippen LogP contribution in [0.5, 0.6) is 0 Å². The van der Waals surface area contributed by atoms with Crippen molar-refractivity contribution < 1.29 is 0 Å². The molecule has 44 heavy (non-hydrogen) atoms. The van der Waals surface area contributed by atoms with Gasteiger partial charge in [-0.2, -0.15) is 0 Å². The third-order valence-electron chi connectivity index (χ3n) is 10.1. The Morgan fingerprint density at radius 1 is 0.568 bits per heavy atom. The molecule has 0 heterocycles.